The number of halogens is 1. The summed E-state index contributed by atoms with van der Waals surface area (Å²) < 4.78 is 33.0. The van der Waals surface area contributed by atoms with Crippen molar-refractivity contribution in [1.29, 1.82) is 0 Å². The Bertz CT molecular complexity index is 1440. The van der Waals surface area contributed by atoms with Crippen LogP contribution in [0.1, 0.15) is 24.2 Å². The zero-order valence-corrected chi connectivity index (χ0v) is 19.7. The molecule has 4 aromatic rings. The molecule has 13 heteroatoms. The maximum absolute atomic E-state index is 15.0. The number of carbonyl (C=O) groups excluding carboxylic acids is 1. The number of carboxylic acids is 1. The van der Waals surface area contributed by atoms with Gasteiger partial charge in [-0.05, 0) is 6.92 Å². The number of carbonyl (C=O) groups is 2. The number of aromatic nitrogens is 5. The van der Waals surface area contributed by atoms with Crippen LogP contribution in [0.3, 0.4) is 0 Å². The zero-order chi connectivity index (χ0) is 26.2. The average Bonchev–Trinajstić information content (AvgIpc) is 3.60. The van der Waals surface area contributed by atoms with Gasteiger partial charge in [0.2, 0.25) is 5.60 Å². The molecule has 3 aromatic heterocycles. The molecule has 1 aromatic carbocycles. The number of alkyl halides is 1. The fourth-order valence-corrected chi connectivity index (χ4v) is 4.25. The van der Waals surface area contributed by atoms with Crippen molar-refractivity contribution >= 4 is 29.2 Å². The van der Waals surface area contributed by atoms with Crippen LogP contribution in [0.15, 0.2) is 47.2 Å². The lowest BCUT2D eigenvalue weighted by Crippen LogP contribution is -2.47. The number of hydrogen-bond donors (Lipinski definition) is 2. The Labute approximate surface area is 209 Å². The Morgan fingerprint density at radius 1 is 1.35 bits per heavy atom. The summed E-state index contributed by atoms with van der Waals surface area (Å²) in [6, 6.07) is 10.7. The lowest BCUT2D eigenvalue weighted by Gasteiger charge is -2.24. The zero-order valence-electron chi connectivity index (χ0n) is 19.7. The summed E-state index contributed by atoms with van der Waals surface area (Å²) in [5.41, 5.74) is 5.48. The topological polar surface area (TPSA) is 168 Å². The predicted octanol–water partition coefficient (Wildman–Crippen LogP) is 2.28. The van der Waals surface area contributed by atoms with E-state index in [-0.39, 0.29) is 30.9 Å². The summed E-state index contributed by atoms with van der Waals surface area (Å²) in [5, 5.41) is 13.8. The summed E-state index contributed by atoms with van der Waals surface area (Å²) in [6.45, 7) is 1.29. The van der Waals surface area contributed by atoms with Crippen LogP contribution in [0.2, 0.25) is 0 Å². The number of hydrogen-bond acceptors (Lipinski definition) is 10. The molecule has 4 unspecified atom stereocenters. The minimum atomic E-state index is -2.28. The van der Waals surface area contributed by atoms with E-state index in [0.29, 0.717) is 22.7 Å². The molecule has 1 saturated heterocycles. The first-order chi connectivity index (χ1) is 17.8. The minimum Gasteiger partial charge on any atom is -0.479 e. The molecule has 37 heavy (non-hydrogen) atoms. The molecule has 1 fully saturated rings. The van der Waals surface area contributed by atoms with Crippen molar-refractivity contribution in [2.24, 2.45) is 0 Å². The maximum atomic E-state index is 15.0. The Kier molecular flexibility index (Phi) is 6.39. The average molecular weight is 510 g/mol. The number of benzene rings is 1. The lowest BCUT2D eigenvalue weighted by molar-refractivity contribution is -0.172. The van der Waals surface area contributed by atoms with Crippen molar-refractivity contribution in [2.75, 3.05) is 12.3 Å². The number of imidazole rings is 1. The monoisotopic (exact) mass is 510 g/mol. The van der Waals surface area contributed by atoms with E-state index in [0.717, 1.165) is 5.56 Å². The second-order valence-corrected chi connectivity index (χ2v) is 8.73. The Morgan fingerprint density at radius 3 is 2.86 bits per heavy atom. The van der Waals surface area contributed by atoms with Crippen LogP contribution < -0.4 is 5.73 Å². The fourth-order valence-electron chi connectivity index (χ4n) is 4.25. The molecule has 4 heterocycles. The maximum Gasteiger partial charge on any atom is 0.343 e. The number of nitrogen functional groups attached to an aromatic ring is 1. The van der Waals surface area contributed by atoms with Gasteiger partial charge in [-0.15, -0.1) is 0 Å². The molecule has 0 amide bonds. The van der Waals surface area contributed by atoms with Gasteiger partial charge in [-0.25, -0.2) is 24.1 Å². The van der Waals surface area contributed by atoms with Gasteiger partial charge in [0.25, 0.3) is 0 Å². The third-order valence-electron chi connectivity index (χ3n) is 6.11. The van der Waals surface area contributed by atoms with Gasteiger partial charge < -0.3 is 24.8 Å². The number of aryl methyl sites for hydroxylation is 1. The Hall–Kier alpha value is -4.23. The van der Waals surface area contributed by atoms with Gasteiger partial charge in [0, 0.05) is 18.1 Å². The van der Waals surface area contributed by atoms with Crippen molar-refractivity contribution in [3.8, 4) is 11.3 Å². The number of carboxylic acid groups (broad SMARTS) is 1. The molecular weight excluding hydrogens is 487 g/mol. The van der Waals surface area contributed by atoms with Crippen LogP contribution in [-0.2, 0) is 25.5 Å². The van der Waals surface area contributed by atoms with E-state index in [2.05, 4.69) is 20.1 Å². The normalized spacial score (nSPS) is 21.2. The number of nitrogens with two attached hydrogens (primary N) is 1. The van der Waals surface area contributed by atoms with E-state index in [1.165, 1.54) is 10.9 Å². The molecule has 0 bridgehead atoms. The number of anilines is 1. The van der Waals surface area contributed by atoms with Gasteiger partial charge in [0.1, 0.15) is 29.0 Å². The molecule has 0 spiro atoms. The van der Waals surface area contributed by atoms with Gasteiger partial charge in [0.05, 0.1) is 25.5 Å². The van der Waals surface area contributed by atoms with Gasteiger partial charge in [-0.3, -0.25) is 9.36 Å². The van der Waals surface area contributed by atoms with Gasteiger partial charge in [-0.2, -0.15) is 0 Å². The molecule has 0 saturated carbocycles. The summed E-state index contributed by atoms with van der Waals surface area (Å²) in [6.07, 6.45) is -2.37. The number of aldehydes is 1. The molecular formula is C24H23FN6O6. The van der Waals surface area contributed by atoms with E-state index < -0.39 is 36.5 Å². The Morgan fingerprint density at radius 2 is 2.14 bits per heavy atom. The molecule has 12 nitrogen and oxygen atoms in total. The molecule has 1 aliphatic rings. The standard InChI is InChI=1S/C24H23FN6O6/c1-13-28-20(26)19-21(29-13)31(12-27-19)22-17(25)7-16(36-22)10-35-24(11-32,23(33)34)9-15-8-18(30-37-15)14-5-3-2-4-6-14/h2-6,8,11-12,16-17,22H,7,9-10H2,1H3,(H,33,34)(H2,26,28,29). The van der Waals surface area contributed by atoms with Crippen LogP contribution in [-0.4, -0.2) is 66.5 Å². The highest BCUT2D eigenvalue weighted by molar-refractivity contribution is 5.96. The highest BCUT2D eigenvalue weighted by atomic mass is 19.1. The third-order valence-corrected chi connectivity index (χ3v) is 6.11. The number of ether oxygens (including phenoxy) is 2. The highest BCUT2D eigenvalue weighted by Gasteiger charge is 2.44. The molecule has 0 aliphatic carbocycles. The van der Waals surface area contributed by atoms with E-state index in [4.69, 9.17) is 19.7 Å². The van der Waals surface area contributed by atoms with Crippen molar-refractivity contribution in [2.45, 2.75) is 43.9 Å². The van der Waals surface area contributed by atoms with Crippen LogP contribution in [0.4, 0.5) is 10.2 Å². The van der Waals surface area contributed by atoms with Crippen LogP contribution in [0, 0.1) is 6.92 Å². The van der Waals surface area contributed by atoms with E-state index in [1.54, 1.807) is 13.0 Å². The SMILES string of the molecule is Cc1nc(N)c2ncn(C3OC(COC(C=O)(Cc4cc(-c5ccccc5)no4)C(=O)O)CC3F)c2n1. The molecule has 4 atom stereocenters. The quantitative estimate of drug-likeness (QED) is 0.250. The number of nitrogens with zero attached hydrogens (tertiary/aromatic N) is 5. The van der Waals surface area contributed by atoms with Crippen molar-refractivity contribution in [1.82, 2.24) is 24.7 Å². The first-order valence-electron chi connectivity index (χ1n) is 11.4. The van der Waals surface area contributed by atoms with Gasteiger partial charge >= 0.3 is 5.97 Å². The van der Waals surface area contributed by atoms with E-state index in [1.807, 2.05) is 30.3 Å². The summed E-state index contributed by atoms with van der Waals surface area (Å²) in [4.78, 5) is 36.5. The molecule has 3 N–H and O–H groups in total. The second-order valence-electron chi connectivity index (χ2n) is 8.73. The van der Waals surface area contributed by atoms with Crippen LogP contribution in [0.5, 0.6) is 0 Å². The van der Waals surface area contributed by atoms with Crippen LogP contribution >= 0.6 is 0 Å². The first-order valence-corrected chi connectivity index (χ1v) is 11.4. The second kappa shape index (κ2) is 9.67. The fraction of sp³-hybridized carbons (Fsp3) is 0.333. The minimum absolute atomic E-state index is 0.0983. The number of rotatable bonds is 9. The Balaban J connectivity index is 1.30. The third kappa shape index (κ3) is 4.66. The predicted molar refractivity (Wildman–Crippen MR) is 126 cm³/mol. The molecule has 5 rings (SSSR count). The molecule has 0 radical (unpaired) electrons. The lowest BCUT2D eigenvalue weighted by atomic mass is 9.99. The van der Waals surface area contributed by atoms with Crippen molar-refractivity contribution in [3.63, 3.8) is 0 Å². The summed E-state index contributed by atoms with van der Waals surface area (Å²) in [7, 11) is 0. The van der Waals surface area contributed by atoms with E-state index >= 15 is 0 Å². The smallest absolute Gasteiger partial charge is 0.343 e. The summed E-state index contributed by atoms with van der Waals surface area (Å²) in [5.74, 6) is -0.830. The van der Waals surface area contributed by atoms with Gasteiger partial charge in [-0.1, -0.05) is 35.5 Å². The van der Waals surface area contributed by atoms with Gasteiger partial charge in [0.15, 0.2) is 24.0 Å². The number of fused-ring (bicyclic) bond motifs is 1. The van der Waals surface area contributed by atoms with Crippen molar-refractivity contribution in [3.05, 3.63) is 54.3 Å². The number of aliphatic carboxylic acids is 1. The largest absolute Gasteiger partial charge is 0.479 e. The molecule has 192 valence electrons. The first kappa shape index (κ1) is 24.5. The highest BCUT2D eigenvalue weighted by Crippen LogP contribution is 2.34. The van der Waals surface area contributed by atoms with Crippen molar-refractivity contribution < 1.29 is 33.1 Å². The van der Waals surface area contributed by atoms with Crippen LogP contribution in [0.25, 0.3) is 22.4 Å². The summed E-state index contributed by atoms with van der Waals surface area (Å²) >= 11 is 0. The van der Waals surface area contributed by atoms with E-state index in [9.17, 15) is 19.1 Å². The molecule has 1 aliphatic heterocycles.